The van der Waals surface area contributed by atoms with Gasteiger partial charge in [0.25, 0.3) is 0 Å². The predicted molar refractivity (Wildman–Crippen MR) is 158 cm³/mol. The molecule has 3 N–H and O–H groups in total. The molecule has 0 bridgehead atoms. The van der Waals surface area contributed by atoms with Crippen LogP contribution >= 0.6 is 0 Å². The van der Waals surface area contributed by atoms with Crippen LogP contribution in [0.1, 0.15) is 81.3 Å². The smallest absolute Gasteiger partial charge is 0.416 e. The number of anilines is 2. The number of methoxy groups -OCH3 is 1. The van der Waals surface area contributed by atoms with Gasteiger partial charge in [-0.1, -0.05) is 25.7 Å². The van der Waals surface area contributed by atoms with Crippen molar-refractivity contribution in [3.05, 3.63) is 47.3 Å². The van der Waals surface area contributed by atoms with Crippen LogP contribution in [0.4, 0.5) is 24.7 Å². The summed E-state index contributed by atoms with van der Waals surface area (Å²) in [6, 6.07) is 6.72. The Morgan fingerprint density at radius 1 is 0.951 bits per heavy atom. The fourth-order valence-corrected chi connectivity index (χ4v) is 5.35. The SMILES string of the molecule is COc1cc2nc(C)nc(N[C@H](C)c3cc(N)cc(C(F)(F)F)c3)c2cc1OCCCCCCCN1CCCCC1. The van der Waals surface area contributed by atoms with Gasteiger partial charge in [0.15, 0.2) is 11.5 Å². The molecule has 1 atom stereocenters. The Morgan fingerprint density at radius 2 is 1.68 bits per heavy atom. The zero-order valence-electron chi connectivity index (χ0n) is 24.3. The van der Waals surface area contributed by atoms with E-state index in [1.165, 1.54) is 64.2 Å². The summed E-state index contributed by atoms with van der Waals surface area (Å²) in [6.45, 7) is 7.81. The average molecular weight is 574 g/mol. The van der Waals surface area contributed by atoms with Crippen molar-refractivity contribution in [2.24, 2.45) is 0 Å². The van der Waals surface area contributed by atoms with Crippen LogP contribution in [-0.4, -0.2) is 48.2 Å². The number of hydrogen-bond donors (Lipinski definition) is 2. The molecule has 0 spiro atoms. The van der Waals surface area contributed by atoms with Crippen molar-refractivity contribution in [3.63, 3.8) is 0 Å². The van der Waals surface area contributed by atoms with E-state index < -0.39 is 17.8 Å². The number of piperidine rings is 1. The van der Waals surface area contributed by atoms with Crippen LogP contribution in [0.2, 0.25) is 0 Å². The Bertz CT molecular complexity index is 1290. The number of nitrogens with one attached hydrogen (secondary N) is 1. The minimum absolute atomic E-state index is 0.0506. The Hall–Kier alpha value is -3.27. The van der Waals surface area contributed by atoms with Crippen LogP contribution in [0.3, 0.4) is 0 Å². The molecule has 3 aromatic rings. The van der Waals surface area contributed by atoms with Crippen molar-refractivity contribution in [2.75, 3.05) is 44.4 Å². The number of halogens is 3. The number of nitrogens with two attached hydrogens (primary N) is 1. The first-order valence-corrected chi connectivity index (χ1v) is 14.6. The second-order valence-electron chi connectivity index (χ2n) is 10.9. The number of hydrogen-bond acceptors (Lipinski definition) is 7. The lowest BCUT2D eigenvalue weighted by Crippen LogP contribution is -2.30. The van der Waals surface area contributed by atoms with Crippen LogP contribution in [-0.2, 0) is 6.18 Å². The van der Waals surface area contributed by atoms with Crippen molar-refractivity contribution >= 4 is 22.4 Å². The van der Waals surface area contributed by atoms with Crippen molar-refractivity contribution in [1.82, 2.24) is 14.9 Å². The van der Waals surface area contributed by atoms with E-state index >= 15 is 0 Å². The highest BCUT2D eigenvalue weighted by Crippen LogP contribution is 2.37. The van der Waals surface area contributed by atoms with Crippen molar-refractivity contribution in [3.8, 4) is 11.5 Å². The van der Waals surface area contributed by atoms with E-state index in [0.29, 0.717) is 46.2 Å². The number of fused-ring (bicyclic) bond motifs is 1. The van der Waals surface area contributed by atoms with Crippen LogP contribution in [0.25, 0.3) is 10.9 Å². The molecule has 4 rings (SSSR count). The molecule has 1 saturated heterocycles. The molecule has 10 heteroatoms. The number of rotatable bonds is 13. The van der Waals surface area contributed by atoms with Gasteiger partial charge in [-0.3, -0.25) is 0 Å². The first-order valence-electron chi connectivity index (χ1n) is 14.6. The average Bonchev–Trinajstić information content (AvgIpc) is 2.93. The highest BCUT2D eigenvalue weighted by atomic mass is 19.4. The monoisotopic (exact) mass is 573 g/mol. The van der Waals surface area contributed by atoms with Crippen LogP contribution in [0, 0.1) is 6.92 Å². The minimum atomic E-state index is -4.49. The normalized spacial score (nSPS) is 15.2. The van der Waals surface area contributed by atoms with Crippen LogP contribution < -0.4 is 20.5 Å². The predicted octanol–water partition coefficient (Wildman–Crippen LogP) is 7.54. The molecule has 7 nitrogen and oxygen atoms in total. The second kappa shape index (κ2) is 14.1. The number of nitrogen functional groups attached to an aromatic ring is 1. The summed E-state index contributed by atoms with van der Waals surface area (Å²) < 4.78 is 51.8. The van der Waals surface area contributed by atoms with Gasteiger partial charge in [-0.25, -0.2) is 9.97 Å². The molecule has 1 aliphatic heterocycles. The summed E-state index contributed by atoms with van der Waals surface area (Å²) in [5.41, 5.74) is 6.11. The van der Waals surface area contributed by atoms with Gasteiger partial charge in [0.2, 0.25) is 0 Å². The highest BCUT2D eigenvalue weighted by molar-refractivity contribution is 5.92. The first-order chi connectivity index (χ1) is 19.6. The largest absolute Gasteiger partial charge is 0.493 e. The number of unbranched alkanes of at least 4 members (excludes halogenated alkanes) is 4. The molecule has 0 radical (unpaired) electrons. The molecule has 0 aliphatic carbocycles. The molecule has 41 heavy (non-hydrogen) atoms. The molecule has 0 amide bonds. The summed E-state index contributed by atoms with van der Waals surface area (Å²) in [6.07, 6.45) is 5.26. The zero-order chi connectivity index (χ0) is 29.4. The summed E-state index contributed by atoms with van der Waals surface area (Å²) in [5, 5.41) is 3.95. The Morgan fingerprint density at radius 3 is 2.41 bits per heavy atom. The van der Waals surface area contributed by atoms with Gasteiger partial charge in [0, 0.05) is 17.1 Å². The van der Waals surface area contributed by atoms with E-state index in [0.717, 1.165) is 25.0 Å². The number of aryl methyl sites for hydroxylation is 1. The summed E-state index contributed by atoms with van der Waals surface area (Å²) in [5.74, 6) is 2.17. The number of aromatic nitrogens is 2. The van der Waals surface area contributed by atoms with Gasteiger partial charge < -0.3 is 25.4 Å². The van der Waals surface area contributed by atoms with E-state index in [2.05, 4.69) is 20.2 Å². The Balaban J connectivity index is 1.39. The first kappa shape index (κ1) is 30.7. The van der Waals surface area contributed by atoms with E-state index in [4.69, 9.17) is 15.2 Å². The van der Waals surface area contributed by atoms with E-state index in [-0.39, 0.29) is 5.69 Å². The molecule has 2 heterocycles. The molecule has 0 saturated carbocycles. The van der Waals surface area contributed by atoms with Crippen molar-refractivity contribution in [1.29, 1.82) is 0 Å². The van der Waals surface area contributed by atoms with Crippen LogP contribution in [0.5, 0.6) is 11.5 Å². The fourth-order valence-electron chi connectivity index (χ4n) is 5.35. The number of alkyl halides is 3. The molecule has 1 aromatic heterocycles. The summed E-state index contributed by atoms with van der Waals surface area (Å²) >= 11 is 0. The Kier molecular flexibility index (Phi) is 10.5. The van der Waals surface area contributed by atoms with E-state index in [1.54, 1.807) is 27.0 Å². The minimum Gasteiger partial charge on any atom is -0.493 e. The van der Waals surface area contributed by atoms with Gasteiger partial charge in [0.1, 0.15) is 11.6 Å². The number of benzene rings is 2. The Labute approximate surface area is 240 Å². The summed E-state index contributed by atoms with van der Waals surface area (Å²) in [4.78, 5) is 11.7. The van der Waals surface area contributed by atoms with Gasteiger partial charge in [0.05, 0.1) is 30.8 Å². The third-order valence-corrected chi connectivity index (χ3v) is 7.58. The molecular formula is C31H42F3N5O2. The van der Waals surface area contributed by atoms with E-state index in [9.17, 15) is 13.2 Å². The molecule has 0 unspecified atom stereocenters. The molecule has 1 fully saturated rings. The lowest BCUT2D eigenvalue weighted by molar-refractivity contribution is -0.137. The van der Waals surface area contributed by atoms with Gasteiger partial charge >= 0.3 is 6.18 Å². The standard InChI is InChI=1S/C31H42F3N5O2/c1-21(23-16-24(31(32,33)34)18-25(35)17-23)36-30-26-19-29(28(40-3)20-27(26)37-22(2)38-30)41-15-11-6-4-5-8-12-39-13-9-7-10-14-39/h16-21H,4-15,35H2,1-3H3,(H,36,37,38)/t21-/m1/s1. The fraction of sp³-hybridized carbons (Fsp3) is 0.548. The maximum atomic E-state index is 13.4. The third-order valence-electron chi connectivity index (χ3n) is 7.58. The highest BCUT2D eigenvalue weighted by Gasteiger charge is 2.31. The van der Waals surface area contributed by atoms with Crippen molar-refractivity contribution in [2.45, 2.75) is 77.4 Å². The topological polar surface area (TPSA) is 85.5 Å². The maximum Gasteiger partial charge on any atom is 0.416 e. The van der Waals surface area contributed by atoms with Crippen LogP contribution in [0.15, 0.2) is 30.3 Å². The number of likely N-dealkylation sites (tertiary alicyclic amines) is 1. The second-order valence-corrected chi connectivity index (χ2v) is 10.9. The van der Waals surface area contributed by atoms with Crippen molar-refractivity contribution < 1.29 is 22.6 Å². The zero-order valence-corrected chi connectivity index (χ0v) is 24.3. The maximum absolute atomic E-state index is 13.4. The van der Waals surface area contributed by atoms with E-state index in [1.807, 2.05) is 6.07 Å². The number of nitrogens with zero attached hydrogens (tertiary/aromatic N) is 3. The third kappa shape index (κ3) is 8.61. The van der Waals surface area contributed by atoms with Gasteiger partial charge in [-0.05, 0) is 89.0 Å². The molecule has 2 aromatic carbocycles. The lowest BCUT2D eigenvalue weighted by Gasteiger charge is -2.26. The molecular weight excluding hydrogens is 531 g/mol. The lowest BCUT2D eigenvalue weighted by atomic mass is 10.0. The van der Waals surface area contributed by atoms with Gasteiger partial charge in [-0.15, -0.1) is 0 Å². The summed E-state index contributed by atoms with van der Waals surface area (Å²) in [7, 11) is 1.59. The quantitative estimate of drug-likeness (QED) is 0.161. The molecule has 224 valence electrons. The molecule has 1 aliphatic rings. The van der Waals surface area contributed by atoms with Gasteiger partial charge in [-0.2, -0.15) is 13.2 Å². The number of ether oxygens (including phenoxy) is 2.